The first-order valence-electron chi connectivity index (χ1n) is 9.40. The van der Waals surface area contributed by atoms with E-state index in [9.17, 15) is 9.90 Å². The Bertz CT molecular complexity index is 759. The lowest BCUT2D eigenvalue weighted by atomic mass is 10.1. The number of imidazole rings is 1. The number of likely N-dealkylation sites (N-methyl/N-ethyl adjacent to an activating group) is 1. The Kier molecular flexibility index (Phi) is 6.13. The number of aliphatic hydroxyl groups excluding tert-OH is 1. The van der Waals surface area contributed by atoms with Crippen LogP contribution < -0.4 is 10.5 Å². The van der Waals surface area contributed by atoms with Crippen molar-refractivity contribution in [1.29, 1.82) is 0 Å². The van der Waals surface area contributed by atoms with Crippen LogP contribution in [0.4, 0.5) is 0 Å². The molecule has 3 atom stereocenters. The van der Waals surface area contributed by atoms with Crippen molar-refractivity contribution in [1.82, 2.24) is 14.5 Å². The van der Waals surface area contributed by atoms with E-state index < -0.39 is 6.10 Å². The quantitative estimate of drug-likeness (QED) is 0.722. The number of aliphatic hydroxyl groups is 1. The average Bonchev–Trinajstić information content (AvgIpc) is 3.26. The average molecular weight is 372 g/mol. The van der Waals surface area contributed by atoms with Gasteiger partial charge < -0.3 is 25.0 Å². The molecule has 3 N–H and O–H groups in total. The Labute approximate surface area is 159 Å². The minimum Gasteiger partial charge on any atom is -0.494 e. The van der Waals surface area contributed by atoms with E-state index in [1.807, 2.05) is 17.7 Å². The van der Waals surface area contributed by atoms with Gasteiger partial charge in [-0.05, 0) is 57.0 Å². The van der Waals surface area contributed by atoms with Crippen molar-refractivity contribution in [2.24, 2.45) is 5.73 Å². The van der Waals surface area contributed by atoms with E-state index in [4.69, 9.17) is 10.5 Å². The number of carbonyl (C=O) groups is 1. The van der Waals surface area contributed by atoms with Gasteiger partial charge in [0.25, 0.3) is 5.91 Å². The second-order valence-electron chi connectivity index (χ2n) is 7.02. The minimum absolute atomic E-state index is 0.0499. The van der Waals surface area contributed by atoms with Crippen molar-refractivity contribution in [3.05, 3.63) is 48.0 Å². The lowest BCUT2D eigenvalue weighted by molar-refractivity contribution is 0.0441. The first-order valence-corrected chi connectivity index (χ1v) is 9.40. The fourth-order valence-corrected chi connectivity index (χ4v) is 3.73. The van der Waals surface area contributed by atoms with E-state index in [0.29, 0.717) is 18.7 Å². The predicted octanol–water partition coefficient (Wildman–Crippen LogP) is 1.76. The van der Waals surface area contributed by atoms with Crippen LogP contribution in [0.15, 0.2) is 36.7 Å². The van der Waals surface area contributed by atoms with Crippen LogP contribution in [0.1, 0.15) is 41.5 Å². The van der Waals surface area contributed by atoms with Crippen LogP contribution in [0, 0.1) is 6.92 Å². The first kappa shape index (κ1) is 19.4. The maximum absolute atomic E-state index is 12.8. The lowest BCUT2D eigenvalue weighted by Crippen LogP contribution is -2.43. The van der Waals surface area contributed by atoms with E-state index in [-0.39, 0.29) is 18.0 Å². The van der Waals surface area contributed by atoms with Gasteiger partial charge in [0, 0.05) is 25.0 Å². The molecule has 146 valence electrons. The second kappa shape index (κ2) is 8.54. The molecule has 1 aromatic heterocycles. The van der Waals surface area contributed by atoms with Gasteiger partial charge in [-0.3, -0.25) is 4.79 Å². The zero-order valence-electron chi connectivity index (χ0n) is 15.9. The third kappa shape index (κ3) is 4.14. The number of hydrogen-bond donors (Lipinski definition) is 2. The van der Waals surface area contributed by atoms with Gasteiger partial charge in [-0.1, -0.05) is 0 Å². The van der Waals surface area contributed by atoms with E-state index in [1.54, 1.807) is 42.4 Å². The van der Waals surface area contributed by atoms with Crippen LogP contribution >= 0.6 is 0 Å². The summed E-state index contributed by atoms with van der Waals surface area (Å²) in [5, 5.41) is 10.8. The molecule has 1 heterocycles. The summed E-state index contributed by atoms with van der Waals surface area (Å²) < 4.78 is 7.57. The molecule has 1 amide bonds. The van der Waals surface area contributed by atoms with Crippen molar-refractivity contribution in [2.75, 3.05) is 20.2 Å². The summed E-state index contributed by atoms with van der Waals surface area (Å²) in [6.07, 6.45) is 5.37. The lowest BCUT2D eigenvalue weighted by Gasteiger charge is -2.29. The molecule has 1 aliphatic rings. The van der Waals surface area contributed by atoms with Crippen LogP contribution in [-0.2, 0) is 0 Å². The van der Waals surface area contributed by atoms with Crippen molar-refractivity contribution < 1.29 is 14.6 Å². The molecule has 0 unspecified atom stereocenters. The number of nitrogens with zero attached hydrogens (tertiary/aromatic N) is 3. The maximum atomic E-state index is 12.8. The zero-order chi connectivity index (χ0) is 19.4. The van der Waals surface area contributed by atoms with Crippen molar-refractivity contribution in [3.8, 4) is 5.75 Å². The molecular formula is C20H28N4O3. The number of ether oxygens (including phenoxy) is 1. The van der Waals surface area contributed by atoms with Crippen LogP contribution in [-0.4, -0.2) is 57.8 Å². The van der Waals surface area contributed by atoms with Crippen LogP contribution in [0.2, 0.25) is 0 Å². The number of aryl methyl sites for hydroxylation is 1. The molecule has 1 fully saturated rings. The van der Waals surface area contributed by atoms with E-state index in [2.05, 4.69) is 4.98 Å². The molecule has 3 rings (SSSR count). The molecule has 0 radical (unpaired) electrons. The summed E-state index contributed by atoms with van der Waals surface area (Å²) in [7, 11) is 1.75. The Balaban J connectivity index is 1.64. The van der Waals surface area contributed by atoms with Gasteiger partial charge in [-0.2, -0.15) is 0 Å². The predicted molar refractivity (Wildman–Crippen MR) is 103 cm³/mol. The highest BCUT2D eigenvalue weighted by molar-refractivity contribution is 5.94. The number of benzene rings is 1. The van der Waals surface area contributed by atoms with E-state index in [0.717, 1.165) is 30.8 Å². The molecule has 27 heavy (non-hydrogen) atoms. The molecule has 1 saturated carbocycles. The molecule has 2 aromatic rings. The Morgan fingerprint density at radius 2 is 2.11 bits per heavy atom. The standard InChI is InChI=1S/C20H28N4O3/c1-14-22-11-12-24(14)18-9-8-17(19(18)25)23(2)20(26)15-4-6-16(7-5-15)27-13-3-10-21/h4-7,11-12,17-19,25H,3,8-10,13,21H2,1-2H3/t17-,18-,19-/m1/s1. The zero-order valence-corrected chi connectivity index (χ0v) is 15.9. The second-order valence-corrected chi connectivity index (χ2v) is 7.02. The number of amides is 1. The normalized spacial score (nSPS) is 22.0. The Hall–Kier alpha value is -2.38. The third-order valence-corrected chi connectivity index (χ3v) is 5.30. The number of nitrogens with two attached hydrogens (primary N) is 1. The van der Waals surface area contributed by atoms with E-state index in [1.165, 1.54) is 0 Å². The van der Waals surface area contributed by atoms with Crippen molar-refractivity contribution in [3.63, 3.8) is 0 Å². The van der Waals surface area contributed by atoms with Crippen LogP contribution in [0.3, 0.4) is 0 Å². The highest BCUT2D eigenvalue weighted by Crippen LogP contribution is 2.34. The number of aromatic nitrogens is 2. The van der Waals surface area contributed by atoms with Gasteiger partial charge in [-0.25, -0.2) is 4.98 Å². The van der Waals surface area contributed by atoms with Crippen LogP contribution in [0.5, 0.6) is 5.75 Å². The van der Waals surface area contributed by atoms with Gasteiger partial charge in [-0.15, -0.1) is 0 Å². The highest BCUT2D eigenvalue weighted by Gasteiger charge is 2.40. The first-order chi connectivity index (χ1) is 13.0. The minimum atomic E-state index is -0.620. The molecule has 0 spiro atoms. The summed E-state index contributed by atoms with van der Waals surface area (Å²) in [5.41, 5.74) is 6.04. The molecule has 1 aliphatic carbocycles. The summed E-state index contributed by atoms with van der Waals surface area (Å²) in [4.78, 5) is 18.7. The van der Waals surface area contributed by atoms with Gasteiger partial charge >= 0.3 is 0 Å². The van der Waals surface area contributed by atoms with Gasteiger partial charge in [0.15, 0.2) is 0 Å². The fraction of sp³-hybridized carbons (Fsp3) is 0.500. The molecule has 7 nitrogen and oxygen atoms in total. The van der Waals surface area contributed by atoms with Gasteiger partial charge in [0.2, 0.25) is 0 Å². The van der Waals surface area contributed by atoms with Gasteiger partial charge in [0.1, 0.15) is 11.6 Å². The summed E-state index contributed by atoms with van der Waals surface area (Å²) in [6.45, 7) is 3.07. The molecule has 0 bridgehead atoms. The summed E-state index contributed by atoms with van der Waals surface area (Å²) >= 11 is 0. The summed E-state index contributed by atoms with van der Waals surface area (Å²) in [5.74, 6) is 1.49. The summed E-state index contributed by atoms with van der Waals surface area (Å²) in [6, 6.07) is 6.83. The largest absolute Gasteiger partial charge is 0.494 e. The monoisotopic (exact) mass is 372 g/mol. The number of rotatable bonds is 7. The Morgan fingerprint density at radius 3 is 2.74 bits per heavy atom. The number of carbonyl (C=O) groups excluding carboxylic acids is 1. The fourth-order valence-electron chi connectivity index (χ4n) is 3.73. The Morgan fingerprint density at radius 1 is 1.37 bits per heavy atom. The molecule has 0 saturated heterocycles. The SMILES string of the molecule is Cc1nccn1[C@@H]1CC[C@@H](N(C)C(=O)c2ccc(OCCCN)cc2)[C@H]1O. The topological polar surface area (TPSA) is 93.6 Å². The van der Waals surface area contributed by atoms with Crippen LogP contribution in [0.25, 0.3) is 0 Å². The molecule has 1 aromatic carbocycles. The molecular weight excluding hydrogens is 344 g/mol. The van der Waals surface area contributed by atoms with Gasteiger partial charge in [0.05, 0.1) is 24.8 Å². The van der Waals surface area contributed by atoms with E-state index >= 15 is 0 Å². The number of hydrogen-bond acceptors (Lipinski definition) is 5. The third-order valence-electron chi connectivity index (χ3n) is 5.30. The van der Waals surface area contributed by atoms with Crippen molar-refractivity contribution in [2.45, 2.75) is 44.4 Å². The van der Waals surface area contributed by atoms with Crippen molar-refractivity contribution >= 4 is 5.91 Å². The molecule has 7 heteroatoms. The molecule has 0 aliphatic heterocycles. The maximum Gasteiger partial charge on any atom is 0.253 e. The highest BCUT2D eigenvalue weighted by atomic mass is 16.5. The smallest absolute Gasteiger partial charge is 0.253 e.